The van der Waals surface area contributed by atoms with E-state index >= 15 is 0 Å². The zero-order chi connectivity index (χ0) is 18.4. The van der Waals surface area contributed by atoms with Gasteiger partial charge in [0.2, 0.25) is 5.91 Å². The predicted octanol–water partition coefficient (Wildman–Crippen LogP) is 2.80. The average Bonchev–Trinajstić information content (AvgIpc) is 2.59. The van der Waals surface area contributed by atoms with Gasteiger partial charge in [0.05, 0.1) is 10.6 Å². The van der Waals surface area contributed by atoms with Gasteiger partial charge in [0, 0.05) is 6.54 Å². The van der Waals surface area contributed by atoms with Crippen molar-refractivity contribution in [1.82, 2.24) is 5.32 Å². The summed E-state index contributed by atoms with van der Waals surface area (Å²) in [5, 5.41) is 2.62. The molecular weight excluding hydrogens is 336 g/mol. The van der Waals surface area contributed by atoms with Gasteiger partial charge in [-0.1, -0.05) is 42.0 Å². The molecule has 0 atom stereocenters. The third-order valence-electron chi connectivity index (χ3n) is 3.68. The topological polar surface area (TPSA) is 66.5 Å². The molecule has 2 rings (SSSR count). The van der Waals surface area contributed by atoms with Crippen molar-refractivity contribution in [2.75, 3.05) is 17.4 Å². The third kappa shape index (κ3) is 4.48. The van der Waals surface area contributed by atoms with Gasteiger partial charge in [0.1, 0.15) is 6.54 Å². The van der Waals surface area contributed by atoms with E-state index in [9.17, 15) is 13.2 Å². The Morgan fingerprint density at radius 1 is 1.16 bits per heavy atom. The van der Waals surface area contributed by atoms with E-state index < -0.39 is 10.0 Å². The molecule has 2 aromatic carbocycles. The Morgan fingerprint density at radius 3 is 2.44 bits per heavy atom. The maximum absolute atomic E-state index is 13.1. The quantitative estimate of drug-likeness (QED) is 0.774. The van der Waals surface area contributed by atoms with E-state index in [1.807, 2.05) is 26.0 Å². The number of hydrogen-bond donors (Lipinski definition) is 1. The van der Waals surface area contributed by atoms with Gasteiger partial charge in [-0.2, -0.15) is 0 Å². The Kier molecular flexibility index (Phi) is 5.98. The first-order chi connectivity index (χ1) is 11.9. The lowest BCUT2D eigenvalue weighted by Gasteiger charge is -2.25. The van der Waals surface area contributed by atoms with E-state index in [1.165, 1.54) is 12.1 Å². The molecular formula is C19H22N2O3S. The molecule has 2 aromatic rings. The lowest BCUT2D eigenvalue weighted by Crippen LogP contribution is -2.41. The summed E-state index contributed by atoms with van der Waals surface area (Å²) in [6, 6.07) is 13.6. The van der Waals surface area contributed by atoms with Gasteiger partial charge in [0.15, 0.2) is 0 Å². The number of anilines is 1. The molecule has 1 amide bonds. The van der Waals surface area contributed by atoms with Crippen LogP contribution in [-0.2, 0) is 14.8 Å². The van der Waals surface area contributed by atoms with Crippen LogP contribution in [0.3, 0.4) is 0 Å². The fourth-order valence-electron chi connectivity index (χ4n) is 2.48. The number of amides is 1. The van der Waals surface area contributed by atoms with Crippen molar-refractivity contribution in [2.45, 2.75) is 18.7 Å². The minimum atomic E-state index is -3.86. The first-order valence-corrected chi connectivity index (χ1v) is 9.33. The molecule has 6 heteroatoms. The van der Waals surface area contributed by atoms with Crippen LogP contribution in [0.4, 0.5) is 5.69 Å². The predicted molar refractivity (Wildman–Crippen MR) is 100 cm³/mol. The van der Waals surface area contributed by atoms with Crippen molar-refractivity contribution < 1.29 is 13.2 Å². The second-order valence-electron chi connectivity index (χ2n) is 5.71. The summed E-state index contributed by atoms with van der Waals surface area (Å²) in [6.45, 7) is 7.29. The Morgan fingerprint density at radius 2 is 1.84 bits per heavy atom. The number of nitrogens with zero attached hydrogens (tertiary/aromatic N) is 1. The monoisotopic (exact) mass is 358 g/mol. The highest BCUT2D eigenvalue weighted by Gasteiger charge is 2.27. The van der Waals surface area contributed by atoms with Gasteiger partial charge in [-0.25, -0.2) is 8.42 Å². The molecule has 0 spiro atoms. The van der Waals surface area contributed by atoms with Crippen LogP contribution in [-0.4, -0.2) is 27.4 Å². The summed E-state index contributed by atoms with van der Waals surface area (Å²) < 4.78 is 27.4. The Hall–Kier alpha value is -2.60. The van der Waals surface area contributed by atoms with Crippen LogP contribution in [0.5, 0.6) is 0 Å². The third-order valence-corrected chi connectivity index (χ3v) is 5.46. The molecule has 0 radical (unpaired) electrons. The standard InChI is InChI=1S/C19H22N2O3S/c1-4-12-20-19(22)14-21(18-11-10-15(2)13-16(18)3)25(23,24)17-8-6-5-7-9-17/h4-11,13H,1,12,14H2,2-3H3,(H,20,22). The summed E-state index contributed by atoms with van der Waals surface area (Å²) in [7, 11) is -3.86. The number of hydrogen-bond acceptors (Lipinski definition) is 3. The van der Waals surface area contributed by atoms with Gasteiger partial charge in [-0.15, -0.1) is 6.58 Å². The molecule has 25 heavy (non-hydrogen) atoms. The van der Waals surface area contributed by atoms with E-state index in [4.69, 9.17) is 0 Å². The second kappa shape index (κ2) is 7.98. The molecule has 0 saturated heterocycles. The Labute approximate surface area is 149 Å². The summed E-state index contributed by atoms with van der Waals surface area (Å²) in [5.74, 6) is -0.389. The highest BCUT2D eigenvalue weighted by molar-refractivity contribution is 7.92. The highest BCUT2D eigenvalue weighted by atomic mass is 32.2. The number of nitrogens with one attached hydrogen (secondary N) is 1. The van der Waals surface area contributed by atoms with Crippen molar-refractivity contribution in [3.05, 3.63) is 72.3 Å². The molecule has 1 N–H and O–H groups in total. The van der Waals surface area contributed by atoms with Crippen LogP contribution in [0, 0.1) is 13.8 Å². The molecule has 0 aromatic heterocycles. The van der Waals surface area contributed by atoms with Crippen molar-refractivity contribution in [1.29, 1.82) is 0 Å². The fraction of sp³-hybridized carbons (Fsp3) is 0.211. The normalized spacial score (nSPS) is 11.0. The number of carbonyl (C=O) groups is 1. The first kappa shape index (κ1) is 18.7. The van der Waals surface area contributed by atoms with Gasteiger partial charge in [0.25, 0.3) is 10.0 Å². The molecule has 0 fully saturated rings. The van der Waals surface area contributed by atoms with Crippen LogP contribution in [0.2, 0.25) is 0 Å². The largest absolute Gasteiger partial charge is 0.351 e. The highest BCUT2D eigenvalue weighted by Crippen LogP contribution is 2.27. The van der Waals surface area contributed by atoms with Crippen molar-refractivity contribution in [3.8, 4) is 0 Å². The zero-order valence-electron chi connectivity index (χ0n) is 14.4. The molecule has 5 nitrogen and oxygen atoms in total. The van der Waals surface area contributed by atoms with Gasteiger partial charge in [-0.3, -0.25) is 9.10 Å². The van der Waals surface area contributed by atoms with Crippen molar-refractivity contribution in [2.24, 2.45) is 0 Å². The molecule has 0 unspecified atom stereocenters. The smallest absolute Gasteiger partial charge is 0.264 e. The van der Waals surface area contributed by atoms with E-state index in [0.717, 1.165) is 15.4 Å². The van der Waals surface area contributed by atoms with Crippen LogP contribution >= 0.6 is 0 Å². The lowest BCUT2D eigenvalue weighted by atomic mass is 10.1. The van der Waals surface area contributed by atoms with Gasteiger partial charge in [-0.05, 0) is 37.6 Å². The maximum atomic E-state index is 13.1. The molecule has 0 aliphatic heterocycles. The second-order valence-corrected chi connectivity index (χ2v) is 7.57. The molecule has 0 aliphatic rings. The van der Waals surface area contributed by atoms with Crippen LogP contribution in [0.25, 0.3) is 0 Å². The van der Waals surface area contributed by atoms with Gasteiger partial charge < -0.3 is 5.32 Å². The zero-order valence-corrected chi connectivity index (χ0v) is 15.2. The van der Waals surface area contributed by atoms with E-state index in [-0.39, 0.29) is 23.9 Å². The van der Waals surface area contributed by atoms with Gasteiger partial charge >= 0.3 is 0 Å². The van der Waals surface area contributed by atoms with Crippen LogP contribution in [0.15, 0.2) is 66.1 Å². The molecule has 0 heterocycles. The lowest BCUT2D eigenvalue weighted by molar-refractivity contribution is -0.119. The van der Waals surface area contributed by atoms with Crippen molar-refractivity contribution in [3.63, 3.8) is 0 Å². The van der Waals surface area contributed by atoms with E-state index in [0.29, 0.717) is 5.69 Å². The van der Waals surface area contributed by atoms with E-state index in [2.05, 4.69) is 11.9 Å². The summed E-state index contributed by atoms with van der Waals surface area (Å²) in [4.78, 5) is 12.3. The first-order valence-electron chi connectivity index (χ1n) is 7.89. The minimum absolute atomic E-state index is 0.145. The summed E-state index contributed by atoms with van der Waals surface area (Å²) in [6.07, 6.45) is 1.55. The number of aryl methyl sites for hydroxylation is 2. The molecule has 0 bridgehead atoms. The Bertz CT molecular complexity index is 861. The van der Waals surface area contributed by atoms with Crippen LogP contribution in [0.1, 0.15) is 11.1 Å². The number of benzene rings is 2. The Balaban J connectivity index is 2.48. The van der Waals surface area contributed by atoms with Crippen LogP contribution < -0.4 is 9.62 Å². The van der Waals surface area contributed by atoms with E-state index in [1.54, 1.807) is 30.3 Å². The molecule has 0 saturated carbocycles. The maximum Gasteiger partial charge on any atom is 0.264 e. The molecule has 132 valence electrons. The number of sulfonamides is 1. The molecule has 0 aliphatic carbocycles. The van der Waals surface area contributed by atoms with Crippen molar-refractivity contribution >= 4 is 21.6 Å². The fourth-order valence-corrected chi connectivity index (χ4v) is 3.98. The SMILES string of the molecule is C=CCNC(=O)CN(c1ccc(C)cc1C)S(=O)(=O)c1ccccc1. The summed E-state index contributed by atoms with van der Waals surface area (Å²) >= 11 is 0. The number of carbonyl (C=O) groups excluding carboxylic acids is 1. The minimum Gasteiger partial charge on any atom is -0.351 e. The summed E-state index contributed by atoms with van der Waals surface area (Å²) in [5.41, 5.74) is 2.30. The average molecular weight is 358 g/mol. The number of rotatable bonds is 7.